The second kappa shape index (κ2) is 6.12. The molecule has 3 rings (SSSR count). The molecule has 5 heteroatoms. The smallest absolute Gasteiger partial charge is 0.272 e. The maximum absolute atomic E-state index is 12.6. The van der Waals surface area contributed by atoms with E-state index in [0.29, 0.717) is 17.8 Å². The Morgan fingerprint density at radius 3 is 2.76 bits per heavy atom. The maximum Gasteiger partial charge on any atom is 0.272 e. The fourth-order valence-corrected chi connectivity index (χ4v) is 3.37. The summed E-state index contributed by atoms with van der Waals surface area (Å²) in [5.41, 5.74) is 7.51. The average molecular weight is 288 g/mol. The SMILES string of the molecule is Cc1cccnc1C(=O)N1CCC(N2CCC(N)CC2)C1. The van der Waals surface area contributed by atoms with E-state index >= 15 is 0 Å². The minimum atomic E-state index is 0.0734. The molecule has 0 aromatic carbocycles. The van der Waals surface area contributed by atoms with Gasteiger partial charge < -0.3 is 10.6 Å². The molecule has 2 aliphatic heterocycles. The van der Waals surface area contributed by atoms with Crippen molar-refractivity contribution in [1.82, 2.24) is 14.8 Å². The van der Waals surface area contributed by atoms with Crippen LogP contribution in [0.3, 0.4) is 0 Å². The van der Waals surface area contributed by atoms with Crippen LogP contribution in [0.1, 0.15) is 35.3 Å². The lowest BCUT2D eigenvalue weighted by Gasteiger charge is -2.34. The lowest BCUT2D eigenvalue weighted by atomic mass is 10.0. The van der Waals surface area contributed by atoms with E-state index in [9.17, 15) is 4.79 Å². The third-order valence-corrected chi connectivity index (χ3v) is 4.75. The Kier molecular flexibility index (Phi) is 4.22. The van der Waals surface area contributed by atoms with Gasteiger partial charge in [-0.25, -0.2) is 0 Å². The van der Waals surface area contributed by atoms with Crippen molar-refractivity contribution in [2.24, 2.45) is 5.73 Å². The van der Waals surface area contributed by atoms with Crippen LogP contribution in [0.5, 0.6) is 0 Å². The summed E-state index contributed by atoms with van der Waals surface area (Å²) in [5, 5.41) is 0. The van der Waals surface area contributed by atoms with Crippen molar-refractivity contribution in [3.8, 4) is 0 Å². The van der Waals surface area contributed by atoms with Crippen molar-refractivity contribution in [2.45, 2.75) is 38.3 Å². The predicted molar refractivity (Wildman–Crippen MR) is 82.1 cm³/mol. The number of carbonyl (C=O) groups excluding carboxylic acids is 1. The van der Waals surface area contributed by atoms with Crippen LogP contribution < -0.4 is 5.73 Å². The van der Waals surface area contributed by atoms with Crippen molar-refractivity contribution in [3.05, 3.63) is 29.6 Å². The van der Waals surface area contributed by atoms with Gasteiger partial charge in [-0.05, 0) is 50.9 Å². The molecule has 0 radical (unpaired) electrons. The number of aryl methyl sites for hydroxylation is 1. The van der Waals surface area contributed by atoms with Gasteiger partial charge in [-0.2, -0.15) is 0 Å². The third kappa shape index (κ3) is 3.09. The van der Waals surface area contributed by atoms with Crippen molar-refractivity contribution < 1.29 is 4.79 Å². The van der Waals surface area contributed by atoms with Gasteiger partial charge in [-0.1, -0.05) is 6.07 Å². The first-order chi connectivity index (χ1) is 10.1. The van der Waals surface area contributed by atoms with Gasteiger partial charge in [0.15, 0.2) is 0 Å². The minimum absolute atomic E-state index is 0.0734. The Hall–Kier alpha value is -1.46. The highest BCUT2D eigenvalue weighted by molar-refractivity contribution is 5.93. The van der Waals surface area contributed by atoms with Gasteiger partial charge in [0, 0.05) is 31.4 Å². The number of piperidine rings is 1. The molecule has 5 nitrogen and oxygen atoms in total. The molecule has 21 heavy (non-hydrogen) atoms. The van der Waals surface area contributed by atoms with Gasteiger partial charge in [-0.3, -0.25) is 14.7 Å². The van der Waals surface area contributed by atoms with Crippen LogP contribution in [0, 0.1) is 6.92 Å². The van der Waals surface area contributed by atoms with Gasteiger partial charge in [0.1, 0.15) is 5.69 Å². The summed E-state index contributed by atoms with van der Waals surface area (Å²) in [6.07, 6.45) is 4.90. The molecule has 1 aromatic rings. The summed E-state index contributed by atoms with van der Waals surface area (Å²) in [6, 6.07) is 4.66. The van der Waals surface area contributed by atoms with E-state index in [4.69, 9.17) is 5.73 Å². The second-order valence-electron chi connectivity index (χ2n) is 6.24. The highest BCUT2D eigenvalue weighted by atomic mass is 16.2. The van der Waals surface area contributed by atoms with Crippen LogP contribution in [0.25, 0.3) is 0 Å². The maximum atomic E-state index is 12.6. The van der Waals surface area contributed by atoms with E-state index in [1.807, 2.05) is 24.0 Å². The molecule has 0 spiro atoms. The number of rotatable bonds is 2. The van der Waals surface area contributed by atoms with Crippen LogP contribution in [0.2, 0.25) is 0 Å². The standard InChI is InChI=1S/C16H24N4O/c1-12-3-2-7-18-15(12)16(21)20-10-6-14(11-20)19-8-4-13(17)5-9-19/h2-3,7,13-14H,4-6,8-11,17H2,1H3. The van der Waals surface area contributed by atoms with Crippen LogP contribution in [0.4, 0.5) is 0 Å². The summed E-state index contributed by atoms with van der Waals surface area (Å²) in [5.74, 6) is 0.0734. The van der Waals surface area contributed by atoms with E-state index in [0.717, 1.165) is 51.0 Å². The number of nitrogens with two attached hydrogens (primary N) is 1. The molecule has 2 aliphatic rings. The normalized spacial score (nSPS) is 24.5. The number of nitrogens with zero attached hydrogens (tertiary/aromatic N) is 3. The lowest BCUT2D eigenvalue weighted by molar-refractivity contribution is 0.0763. The van der Waals surface area contributed by atoms with Crippen molar-refractivity contribution in [2.75, 3.05) is 26.2 Å². The van der Waals surface area contributed by atoms with Crippen LogP contribution >= 0.6 is 0 Å². The molecule has 0 saturated carbocycles. The van der Waals surface area contributed by atoms with Gasteiger partial charge in [-0.15, -0.1) is 0 Å². The van der Waals surface area contributed by atoms with Gasteiger partial charge in [0.25, 0.3) is 5.91 Å². The Labute approximate surface area is 126 Å². The Bertz CT molecular complexity index is 511. The monoisotopic (exact) mass is 288 g/mol. The zero-order chi connectivity index (χ0) is 14.8. The minimum Gasteiger partial charge on any atom is -0.336 e. The number of likely N-dealkylation sites (tertiary alicyclic amines) is 2. The van der Waals surface area contributed by atoms with Crippen molar-refractivity contribution in [1.29, 1.82) is 0 Å². The largest absolute Gasteiger partial charge is 0.336 e. The highest BCUT2D eigenvalue weighted by Gasteiger charge is 2.32. The van der Waals surface area contributed by atoms with Crippen molar-refractivity contribution >= 4 is 5.91 Å². The van der Waals surface area contributed by atoms with E-state index < -0.39 is 0 Å². The second-order valence-corrected chi connectivity index (χ2v) is 6.24. The fourth-order valence-electron chi connectivity index (χ4n) is 3.37. The van der Waals surface area contributed by atoms with E-state index in [1.165, 1.54) is 0 Å². The topological polar surface area (TPSA) is 62.5 Å². The summed E-state index contributed by atoms with van der Waals surface area (Å²) in [4.78, 5) is 21.3. The van der Waals surface area contributed by atoms with Gasteiger partial charge >= 0.3 is 0 Å². The lowest BCUT2D eigenvalue weighted by Crippen LogP contribution is -2.46. The van der Waals surface area contributed by atoms with E-state index in [1.54, 1.807) is 6.20 Å². The molecule has 1 amide bonds. The van der Waals surface area contributed by atoms with E-state index in [-0.39, 0.29) is 5.91 Å². The van der Waals surface area contributed by atoms with Gasteiger partial charge in [0.2, 0.25) is 0 Å². The quantitative estimate of drug-likeness (QED) is 0.883. The molecule has 114 valence electrons. The number of pyridine rings is 1. The zero-order valence-corrected chi connectivity index (χ0v) is 12.7. The van der Waals surface area contributed by atoms with Crippen LogP contribution in [-0.4, -0.2) is 59.0 Å². The molecule has 1 aromatic heterocycles. The summed E-state index contributed by atoms with van der Waals surface area (Å²) >= 11 is 0. The zero-order valence-electron chi connectivity index (χ0n) is 12.7. The molecule has 3 heterocycles. The number of carbonyl (C=O) groups is 1. The first-order valence-electron chi connectivity index (χ1n) is 7.85. The highest BCUT2D eigenvalue weighted by Crippen LogP contribution is 2.21. The van der Waals surface area contributed by atoms with Gasteiger partial charge in [0.05, 0.1) is 0 Å². The molecule has 0 aliphatic carbocycles. The molecule has 1 unspecified atom stereocenters. The fraction of sp³-hybridized carbons (Fsp3) is 0.625. The summed E-state index contributed by atoms with van der Waals surface area (Å²) < 4.78 is 0. The average Bonchev–Trinajstić information content (AvgIpc) is 2.98. The van der Waals surface area contributed by atoms with E-state index in [2.05, 4.69) is 9.88 Å². The first kappa shape index (κ1) is 14.5. The van der Waals surface area contributed by atoms with Crippen LogP contribution in [0.15, 0.2) is 18.3 Å². The molecule has 2 fully saturated rings. The molecule has 2 N–H and O–H groups in total. The predicted octanol–water partition coefficient (Wildman–Crippen LogP) is 1.03. The molecule has 2 saturated heterocycles. The Morgan fingerprint density at radius 1 is 1.29 bits per heavy atom. The van der Waals surface area contributed by atoms with Crippen LogP contribution in [-0.2, 0) is 0 Å². The number of amides is 1. The number of hydrogen-bond donors (Lipinski definition) is 1. The molecular formula is C16H24N4O. The molecular weight excluding hydrogens is 264 g/mol. The first-order valence-corrected chi connectivity index (χ1v) is 7.85. The van der Waals surface area contributed by atoms with Crippen molar-refractivity contribution in [3.63, 3.8) is 0 Å². The number of aromatic nitrogens is 1. The summed E-state index contributed by atoms with van der Waals surface area (Å²) in [6.45, 7) is 5.74. The molecule has 0 bridgehead atoms. The molecule has 1 atom stereocenters. The Balaban J connectivity index is 1.62. The Morgan fingerprint density at radius 2 is 2.05 bits per heavy atom. The number of hydrogen-bond acceptors (Lipinski definition) is 4. The third-order valence-electron chi connectivity index (χ3n) is 4.75. The summed E-state index contributed by atoms with van der Waals surface area (Å²) in [7, 11) is 0.